The summed E-state index contributed by atoms with van der Waals surface area (Å²) in [6.07, 6.45) is 0.852. The van der Waals surface area contributed by atoms with Gasteiger partial charge in [0.2, 0.25) is 0 Å². The third-order valence-corrected chi connectivity index (χ3v) is 6.66. The van der Waals surface area contributed by atoms with Crippen LogP contribution in [0.2, 0.25) is 0 Å². The quantitative estimate of drug-likeness (QED) is 0.132. The SMILES string of the molecule is CC(C)CCc1c(-c2cccc(C(=O)O)c2Oc2ccccc2C(=O)O)ccc(C(=O)O)c1Oc1ccccc1C(=O)O. The summed E-state index contributed by atoms with van der Waals surface area (Å²) in [6.45, 7) is 3.95. The summed E-state index contributed by atoms with van der Waals surface area (Å²) >= 11 is 0. The Hall–Kier alpha value is -5.64. The van der Waals surface area contributed by atoms with Crippen molar-refractivity contribution in [2.45, 2.75) is 26.7 Å². The lowest BCUT2D eigenvalue weighted by Gasteiger charge is -2.22. The van der Waals surface area contributed by atoms with Gasteiger partial charge >= 0.3 is 23.9 Å². The van der Waals surface area contributed by atoms with Crippen LogP contribution in [0.25, 0.3) is 11.1 Å². The normalized spacial score (nSPS) is 10.8. The van der Waals surface area contributed by atoms with Gasteiger partial charge in [-0.15, -0.1) is 0 Å². The van der Waals surface area contributed by atoms with Crippen molar-refractivity contribution in [1.82, 2.24) is 0 Å². The first-order valence-electron chi connectivity index (χ1n) is 13.3. The van der Waals surface area contributed by atoms with E-state index in [1.165, 1.54) is 60.7 Å². The molecule has 4 rings (SSSR count). The molecule has 0 bridgehead atoms. The van der Waals surface area contributed by atoms with Gasteiger partial charge in [-0.2, -0.15) is 0 Å². The van der Waals surface area contributed by atoms with Gasteiger partial charge in [0, 0.05) is 11.1 Å². The number of hydrogen-bond acceptors (Lipinski definition) is 6. The van der Waals surface area contributed by atoms with Crippen molar-refractivity contribution in [1.29, 1.82) is 0 Å². The van der Waals surface area contributed by atoms with Crippen LogP contribution >= 0.6 is 0 Å². The minimum Gasteiger partial charge on any atom is -0.478 e. The Morgan fingerprint density at radius 3 is 1.53 bits per heavy atom. The lowest BCUT2D eigenvalue weighted by atomic mass is 9.90. The number of ether oxygens (including phenoxy) is 2. The molecule has 10 nitrogen and oxygen atoms in total. The van der Waals surface area contributed by atoms with Gasteiger partial charge in [-0.25, -0.2) is 19.2 Å². The molecule has 0 aromatic heterocycles. The van der Waals surface area contributed by atoms with E-state index >= 15 is 0 Å². The minimum atomic E-state index is -1.33. The molecule has 10 heteroatoms. The van der Waals surface area contributed by atoms with Gasteiger partial charge in [-0.3, -0.25) is 0 Å². The van der Waals surface area contributed by atoms with Crippen LogP contribution in [0.1, 0.15) is 67.3 Å². The van der Waals surface area contributed by atoms with E-state index < -0.39 is 23.9 Å². The average molecular weight is 585 g/mol. The molecule has 0 amide bonds. The van der Waals surface area contributed by atoms with Crippen molar-refractivity contribution in [2.24, 2.45) is 5.92 Å². The largest absolute Gasteiger partial charge is 0.478 e. The number of carboxylic acids is 4. The number of hydrogen-bond donors (Lipinski definition) is 4. The van der Waals surface area contributed by atoms with E-state index in [2.05, 4.69) is 0 Å². The second kappa shape index (κ2) is 12.9. The van der Waals surface area contributed by atoms with Gasteiger partial charge in [0.25, 0.3) is 0 Å². The summed E-state index contributed by atoms with van der Waals surface area (Å²) in [5.74, 6) is -5.45. The Kier molecular flexibility index (Phi) is 9.10. The molecule has 0 spiro atoms. The Bertz CT molecular complexity index is 1720. The predicted octanol–water partition coefficient (Wildman–Crippen LogP) is 7.32. The van der Waals surface area contributed by atoms with E-state index in [4.69, 9.17) is 9.47 Å². The molecule has 0 fully saturated rings. The van der Waals surface area contributed by atoms with Crippen LogP contribution in [0.4, 0.5) is 0 Å². The van der Waals surface area contributed by atoms with E-state index in [9.17, 15) is 39.6 Å². The summed E-state index contributed by atoms with van der Waals surface area (Å²) in [7, 11) is 0. The van der Waals surface area contributed by atoms with Crippen LogP contribution in [0.15, 0.2) is 78.9 Å². The van der Waals surface area contributed by atoms with Gasteiger partial charge < -0.3 is 29.9 Å². The fourth-order valence-electron chi connectivity index (χ4n) is 4.56. The van der Waals surface area contributed by atoms with Crippen LogP contribution < -0.4 is 9.47 Å². The van der Waals surface area contributed by atoms with E-state index in [-0.39, 0.29) is 63.2 Å². The maximum Gasteiger partial charge on any atom is 0.339 e. The van der Waals surface area contributed by atoms with Crippen molar-refractivity contribution >= 4 is 23.9 Å². The lowest BCUT2D eigenvalue weighted by molar-refractivity contribution is 0.0678. The number of carboxylic acid groups (broad SMARTS) is 4. The molecule has 220 valence electrons. The summed E-state index contributed by atoms with van der Waals surface area (Å²) in [5, 5.41) is 39.5. The average Bonchev–Trinajstić information content (AvgIpc) is 2.96. The molecule has 0 aliphatic carbocycles. The number of benzene rings is 4. The zero-order valence-corrected chi connectivity index (χ0v) is 23.2. The van der Waals surface area contributed by atoms with Crippen molar-refractivity contribution < 1.29 is 49.1 Å². The predicted molar refractivity (Wildman–Crippen MR) is 156 cm³/mol. The Morgan fingerprint density at radius 1 is 0.558 bits per heavy atom. The van der Waals surface area contributed by atoms with Gasteiger partial charge in [0.1, 0.15) is 45.3 Å². The smallest absolute Gasteiger partial charge is 0.339 e. The summed E-state index contributed by atoms with van der Waals surface area (Å²) < 4.78 is 12.1. The van der Waals surface area contributed by atoms with Crippen LogP contribution in [0, 0.1) is 5.92 Å². The highest BCUT2D eigenvalue weighted by Gasteiger charge is 2.26. The van der Waals surface area contributed by atoms with Gasteiger partial charge in [0.15, 0.2) is 0 Å². The summed E-state index contributed by atoms with van der Waals surface area (Å²) in [5.41, 5.74) is 0.147. The Labute approximate surface area is 246 Å². The molecular weight excluding hydrogens is 556 g/mol. The molecule has 4 N–H and O–H groups in total. The number of aromatic carboxylic acids is 4. The fourth-order valence-corrected chi connectivity index (χ4v) is 4.56. The first-order chi connectivity index (χ1) is 20.5. The van der Waals surface area contributed by atoms with E-state index in [1.807, 2.05) is 13.8 Å². The Morgan fingerprint density at radius 2 is 1.02 bits per heavy atom. The first-order valence-corrected chi connectivity index (χ1v) is 13.3. The summed E-state index contributed by atoms with van der Waals surface area (Å²) in [4.78, 5) is 48.5. The zero-order chi connectivity index (χ0) is 31.3. The number of rotatable bonds is 12. The topological polar surface area (TPSA) is 168 Å². The monoisotopic (exact) mass is 584 g/mol. The van der Waals surface area contributed by atoms with Gasteiger partial charge in [-0.05, 0) is 60.7 Å². The highest BCUT2D eigenvalue weighted by atomic mass is 16.5. The number of carbonyl (C=O) groups is 4. The maximum atomic E-state index is 12.4. The Balaban J connectivity index is 2.02. The first kappa shape index (κ1) is 30.3. The van der Waals surface area contributed by atoms with Crippen LogP contribution in [-0.4, -0.2) is 44.3 Å². The van der Waals surface area contributed by atoms with Crippen molar-refractivity contribution in [3.63, 3.8) is 0 Å². The fraction of sp³-hybridized carbons (Fsp3) is 0.152. The van der Waals surface area contributed by atoms with E-state index in [0.29, 0.717) is 17.5 Å². The third-order valence-electron chi connectivity index (χ3n) is 6.66. The van der Waals surface area contributed by atoms with Crippen LogP contribution in [0.5, 0.6) is 23.0 Å². The van der Waals surface area contributed by atoms with E-state index in [1.54, 1.807) is 18.2 Å². The molecule has 0 atom stereocenters. The second-order valence-corrected chi connectivity index (χ2v) is 10.0. The van der Waals surface area contributed by atoms with E-state index in [0.717, 1.165) is 0 Å². The van der Waals surface area contributed by atoms with Gasteiger partial charge in [-0.1, -0.05) is 56.3 Å². The van der Waals surface area contributed by atoms with Crippen molar-refractivity contribution in [3.8, 4) is 34.1 Å². The second-order valence-electron chi connectivity index (χ2n) is 10.0. The van der Waals surface area contributed by atoms with Crippen LogP contribution in [-0.2, 0) is 6.42 Å². The molecular formula is C33H28O10. The summed E-state index contributed by atoms with van der Waals surface area (Å²) in [6, 6.07) is 18.8. The standard InChI is InChI=1S/C33H28O10/c1-18(2)14-15-21-19(16-17-25(33(40)41)29(21)43-27-13-6-4-9-23(27)31(36)37)20-10-7-11-24(32(38)39)28(20)42-26-12-5-3-8-22(26)30(34)35/h3-13,16-18H,14-15H2,1-2H3,(H,34,35)(H,36,37)(H,38,39)(H,40,41). The molecule has 0 heterocycles. The minimum absolute atomic E-state index is 0.0772. The highest BCUT2D eigenvalue weighted by Crippen LogP contribution is 2.44. The van der Waals surface area contributed by atoms with Gasteiger partial charge in [0.05, 0.1) is 0 Å². The maximum absolute atomic E-state index is 12.4. The molecule has 0 saturated heterocycles. The molecule has 0 aliphatic rings. The molecule has 0 unspecified atom stereocenters. The molecule has 43 heavy (non-hydrogen) atoms. The van der Waals surface area contributed by atoms with Crippen molar-refractivity contribution in [2.75, 3.05) is 0 Å². The molecule has 0 saturated carbocycles. The van der Waals surface area contributed by atoms with Crippen LogP contribution in [0.3, 0.4) is 0 Å². The molecule has 0 radical (unpaired) electrons. The highest BCUT2D eigenvalue weighted by molar-refractivity contribution is 5.98. The lowest BCUT2D eigenvalue weighted by Crippen LogP contribution is -2.09. The molecule has 0 aliphatic heterocycles. The molecule has 4 aromatic carbocycles. The number of para-hydroxylation sites is 3. The molecule has 4 aromatic rings. The zero-order valence-electron chi connectivity index (χ0n) is 23.2. The van der Waals surface area contributed by atoms with Crippen molar-refractivity contribution in [3.05, 3.63) is 107 Å². The third kappa shape index (κ3) is 6.65.